The van der Waals surface area contributed by atoms with Crippen LogP contribution in [0.5, 0.6) is 0 Å². The third-order valence-corrected chi connectivity index (χ3v) is 5.52. The zero-order valence-corrected chi connectivity index (χ0v) is 14.8. The fourth-order valence-electron chi connectivity index (χ4n) is 4.37. The first-order chi connectivity index (χ1) is 9.62. The second-order valence-corrected chi connectivity index (χ2v) is 7.37. The van der Waals surface area contributed by atoms with Gasteiger partial charge in [-0.3, -0.25) is 0 Å². The summed E-state index contributed by atoms with van der Waals surface area (Å²) in [4.78, 5) is 2.63. The van der Waals surface area contributed by atoms with E-state index in [0.29, 0.717) is 0 Å². The Morgan fingerprint density at radius 1 is 1.05 bits per heavy atom. The molecule has 0 aromatic rings. The summed E-state index contributed by atoms with van der Waals surface area (Å²) < 4.78 is 0. The highest BCUT2D eigenvalue weighted by Gasteiger charge is 2.27. The molecule has 0 radical (unpaired) electrons. The van der Waals surface area contributed by atoms with E-state index in [1.807, 2.05) is 0 Å². The third-order valence-electron chi connectivity index (χ3n) is 5.52. The molecule has 0 aromatic heterocycles. The largest absolute Gasteiger partial charge is 0.303 e. The van der Waals surface area contributed by atoms with E-state index in [0.717, 1.165) is 23.8 Å². The average Bonchev–Trinajstić information content (AvgIpc) is 2.41. The predicted molar refractivity (Wildman–Crippen MR) is 91.1 cm³/mol. The molecule has 1 aliphatic heterocycles. The van der Waals surface area contributed by atoms with E-state index in [2.05, 4.69) is 39.6 Å². The summed E-state index contributed by atoms with van der Waals surface area (Å²) in [6.07, 6.45) is 12.8. The second kappa shape index (κ2) is 9.82. The molecule has 0 aliphatic carbocycles. The fourth-order valence-corrected chi connectivity index (χ4v) is 4.37. The molecule has 1 heteroatoms. The first-order valence-electron chi connectivity index (χ1n) is 9.32. The molecule has 0 bridgehead atoms. The normalized spacial score (nSPS) is 30.8. The lowest BCUT2D eigenvalue weighted by atomic mass is 9.75. The van der Waals surface area contributed by atoms with Crippen molar-refractivity contribution in [2.75, 3.05) is 13.6 Å². The van der Waals surface area contributed by atoms with Crippen LogP contribution in [0.4, 0.5) is 0 Å². The highest BCUT2D eigenvalue weighted by atomic mass is 15.1. The first kappa shape index (κ1) is 18.0. The molecule has 0 spiro atoms. The summed E-state index contributed by atoms with van der Waals surface area (Å²) in [5, 5.41) is 0. The average molecular weight is 282 g/mol. The lowest BCUT2D eigenvalue weighted by Crippen LogP contribution is -2.38. The maximum Gasteiger partial charge on any atom is 0.00898 e. The maximum atomic E-state index is 2.63. The summed E-state index contributed by atoms with van der Waals surface area (Å²) in [6.45, 7) is 10.9. The van der Waals surface area contributed by atoms with Gasteiger partial charge in [0.05, 0.1) is 0 Å². The standard InChI is InChI=1S/C19H39N/c1-6-9-11-17(10-7-2)18-12-13-19(8-3)20(5)15-16(4)14-18/h16-19H,6-15H2,1-5H3/t16?,17?,18?,19-/m0/s1. The Morgan fingerprint density at radius 2 is 1.80 bits per heavy atom. The quantitative estimate of drug-likeness (QED) is 0.575. The monoisotopic (exact) mass is 281 g/mol. The molecule has 1 saturated heterocycles. The molecular weight excluding hydrogens is 242 g/mol. The van der Waals surface area contributed by atoms with Gasteiger partial charge in [0.15, 0.2) is 0 Å². The minimum atomic E-state index is 0.828. The lowest BCUT2D eigenvalue weighted by molar-refractivity contribution is 0.121. The van der Waals surface area contributed by atoms with E-state index in [-0.39, 0.29) is 0 Å². The summed E-state index contributed by atoms with van der Waals surface area (Å²) in [7, 11) is 2.34. The highest BCUT2D eigenvalue weighted by Crippen LogP contribution is 2.35. The summed E-state index contributed by atoms with van der Waals surface area (Å²) in [6, 6.07) is 0.828. The smallest absolute Gasteiger partial charge is 0.00898 e. The van der Waals surface area contributed by atoms with Gasteiger partial charge in [-0.05, 0) is 50.5 Å². The van der Waals surface area contributed by atoms with Crippen LogP contribution >= 0.6 is 0 Å². The number of likely N-dealkylation sites (tertiary alicyclic amines) is 1. The molecule has 1 fully saturated rings. The molecule has 0 N–H and O–H groups in total. The Bertz CT molecular complexity index is 238. The zero-order valence-electron chi connectivity index (χ0n) is 14.8. The van der Waals surface area contributed by atoms with Gasteiger partial charge in [-0.1, -0.05) is 59.8 Å². The van der Waals surface area contributed by atoms with E-state index < -0.39 is 0 Å². The number of rotatable bonds is 7. The summed E-state index contributed by atoms with van der Waals surface area (Å²) in [5.74, 6) is 2.88. The van der Waals surface area contributed by atoms with Crippen molar-refractivity contribution < 1.29 is 0 Å². The van der Waals surface area contributed by atoms with Crippen LogP contribution in [0.25, 0.3) is 0 Å². The molecule has 1 aliphatic rings. The molecule has 1 heterocycles. The molecule has 0 aromatic carbocycles. The molecule has 0 amide bonds. The second-order valence-electron chi connectivity index (χ2n) is 7.37. The maximum absolute atomic E-state index is 2.63. The molecule has 1 nitrogen and oxygen atoms in total. The molecule has 1 rings (SSSR count). The Hall–Kier alpha value is -0.0400. The van der Waals surface area contributed by atoms with Gasteiger partial charge < -0.3 is 4.90 Å². The van der Waals surface area contributed by atoms with Crippen molar-refractivity contribution >= 4 is 0 Å². The minimum Gasteiger partial charge on any atom is -0.303 e. The number of hydrogen-bond donors (Lipinski definition) is 0. The summed E-state index contributed by atoms with van der Waals surface area (Å²) >= 11 is 0. The Labute approximate surface area is 128 Å². The van der Waals surface area contributed by atoms with Crippen LogP contribution in [-0.4, -0.2) is 24.5 Å². The lowest BCUT2D eigenvalue weighted by Gasteiger charge is -2.38. The van der Waals surface area contributed by atoms with Crippen molar-refractivity contribution in [3.05, 3.63) is 0 Å². The minimum absolute atomic E-state index is 0.828. The topological polar surface area (TPSA) is 3.24 Å². The molecule has 20 heavy (non-hydrogen) atoms. The van der Waals surface area contributed by atoms with Crippen LogP contribution in [0, 0.1) is 17.8 Å². The Kier molecular flexibility index (Phi) is 8.84. The van der Waals surface area contributed by atoms with E-state index in [1.165, 1.54) is 64.3 Å². The van der Waals surface area contributed by atoms with Crippen LogP contribution in [-0.2, 0) is 0 Å². The van der Waals surface area contributed by atoms with Crippen molar-refractivity contribution in [3.8, 4) is 0 Å². The first-order valence-corrected chi connectivity index (χ1v) is 9.32. The van der Waals surface area contributed by atoms with Crippen LogP contribution in [0.1, 0.15) is 85.5 Å². The highest BCUT2D eigenvalue weighted by molar-refractivity contribution is 4.80. The Morgan fingerprint density at radius 3 is 2.40 bits per heavy atom. The molecule has 3 unspecified atom stereocenters. The Balaban J connectivity index is 2.65. The predicted octanol–water partition coefficient (Wildman–Crippen LogP) is 5.74. The van der Waals surface area contributed by atoms with Crippen LogP contribution in [0.15, 0.2) is 0 Å². The van der Waals surface area contributed by atoms with Gasteiger partial charge in [0.25, 0.3) is 0 Å². The number of unbranched alkanes of at least 4 members (excludes halogenated alkanes) is 1. The van der Waals surface area contributed by atoms with E-state index in [9.17, 15) is 0 Å². The van der Waals surface area contributed by atoms with Gasteiger partial charge >= 0.3 is 0 Å². The molecule has 4 atom stereocenters. The number of nitrogens with zero attached hydrogens (tertiary/aromatic N) is 1. The van der Waals surface area contributed by atoms with Crippen molar-refractivity contribution in [3.63, 3.8) is 0 Å². The summed E-state index contributed by atoms with van der Waals surface area (Å²) in [5.41, 5.74) is 0. The van der Waals surface area contributed by atoms with Crippen molar-refractivity contribution in [2.24, 2.45) is 17.8 Å². The van der Waals surface area contributed by atoms with E-state index in [4.69, 9.17) is 0 Å². The van der Waals surface area contributed by atoms with E-state index in [1.54, 1.807) is 0 Å². The van der Waals surface area contributed by atoms with Gasteiger partial charge in [-0.2, -0.15) is 0 Å². The zero-order chi connectivity index (χ0) is 15.0. The van der Waals surface area contributed by atoms with E-state index >= 15 is 0 Å². The molecule has 120 valence electrons. The van der Waals surface area contributed by atoms with Crippen molar-refractivity contribution in [1.29, 1.82) is 0 Å². The molecular formula is C19H39N. The van der Waals surface area contributed by atoms with Crippen molar-refractivity contribution in [1.82, 2.24) is 4.90 Å². The van der Waals surface area contributed by atoms with Gasteiger partial charge in [-0.25, -0.2) is 0 Å². The number of hydrogen-bond acceptors (Lipinski definition) is 1. The molecule has 0 saturated carbocycles. The van der Waals surface area contributed by atoms with Crippen LogP contribution in [0.2, 0.25) is 0 Å². The van der Waals surface area contributed by atoms with Gasteiger partial charge in [0.1, 0.15) is 0 Å². The fraction of sp³-hybridized carbons (Fsp3) is 1.00. The van der Waals surface area contributed by atoms with Crippen LogP contribution in [0.3, 0.4) is 0 Å². The van der Waals surface area contributed by atoms with Gasteiger partial charge in [-0.15, -0.1) is 0 Å². The van der Waals surface area contributed by atoms with Crippen molar-refractivity contribution in [2.45, 2.75) is 91.5 Å². The van der Waals surface area contributed by atoms with Gasteiger partial charge in [0.2, 0.25) is 0 Å². The third kappa shape index (κ3) is 5.76. The van der Waals surface area contributed by atoms with Gasteiger partial charge in [0, 0.05) is 12.6 Å². The van der Waals surface area contributed by atoms with Crippen LogP contribution < -0.4 is 0 Å². The SMILES string of the molecule is CCCCC(CCC)C1CC[C@H](CC)N(C)CC(C)C1.